The Hall–Kier alpha value is -3.48. The molecule has 154 valence electrons. The molecule has 7 heteroatoms. The van der Waals surface area contributed by atoms with E-state index in [1.54, 1.807) is 17.0 Å². The van der Waals surface area contributed by atoms with Crippen LogP contribution in [0.2, 0.25) is 0 Å². The largest absolute Gasteiger partial charge is 0.352 e. The van der Waals surface area contributed by atoms with E-state index >= 15 is 0 Å². The molecule has 2 aromatic carbocycles. The zero-order valence-corrected chi connectivity index (χ0v) is 16.9. The Balaban J connectivity index is 1.53. The second kappa shape index (κ2) is 8.10. The lowest BCUT2D eigenvalue weighted by Gasteiger charge is -2.20. The maximum Gasteiger partial charge on any atom is 0.252 e. The number of amides is 1. The number of carbonyl (C=O) groups excluding carboxylic acids is 1. The molecule has 0 radical (unpaired) electrons. The van der Waals surface area contributed by atoms with Crippen LogP contribution in [0.15, 0.2) is 53.3 Å². The standard InChI is InChI=1S/C23H23FN4O2/c1-14-4-3-5-20(15(14)2)28-13-17(10-22(28)30)19-11-21(29)27-23(26-19)25-12-16-6-8-18(24)9-7-16/h3-9,11,17H,10,12-13H2,1-2H3,(H2,25,26,27,29)/t17-/m0/s1. The Morgan fingerprint density at radius 1 is 1.17 bits per heavy atom. The molecule has 1 fully saturated rings. The Morgan fingerprint density at radius 3 is 2.70 bits per heavy atom. The zero-order chi connectivity index (χ0) is 21.3. The Kier molecular flexibility index (Phi) is 5.35. The summed E-state index contributed by atoms with van der Waals surface area (Å²) in [7, 11) is 0. The normalized spacial score (nSPS) is 16.2. The number of halogens is 1. The van der Waals surface area contributed by atoms with Crippen LogP contribution in [0, 0.1) is 19.7 Å². The highest BCUT2D eigenvalue weighted by Gasteiger charge is 2.33. The van der Waals surface area contributed by atoms with Gasteiger partial charge < -0.3 is 10.2 Å². The number of hydrogen-bond acceptors (Lipinski definition) is 4. The lowest BCUT2D eigenvalue weighted by molar-refractivity contribution is -0.117. The molecule has 0 saturated carbocycles. The number of carbonyl (C=O) groups is 1. The van der Waals surface area contributed by atoms with Crippen molar-refractivity contribution in [3.8, 4) is 0 Å². The van der Waals surface area contributed by atoms with Crippen molar-refractivity contribution in [1.29, 1.82) is 0 Å². The first-order chi connectivity index (χ1) is 14.4. The molecule has 1 amide bonds. The van der Waals surface area contributed by atoms with E-state index in [9.17, 15) is 14.0 Å². The smallest absolute Gasteiger partial charge is 0.252 e. The third-order valence-electron chi connectivity index (χ3n) is 5.54. The molecule has 4 rings (SSSR count). The third kappa shape index (κ3) is 4.10. The summed E-state index contributed by atoms with van der Waals surface area (Å²) in [6.45, 7) is 4.91. The molecule has 6 nitrogen and oxygen atoms in total. The number of hydrogen-bond donors (Lipinski definition) is 2. The number of H-pyrrole nitrogens is 1. The van der Waals surface area contributed by atoms with Gasteiger partial charge in [0, 0.05) is 37.2 Å². The van der Waals surface area contributed by atoms with Gasteiger partial charge in [-0.25, -0.2) is 9.37 Å². The van der Waals surface area contributed by atoms with Gasteiger partial charge in [0.2, 0.25) is 11.9 Å². The van der Waals surface area contributed by atoms with E-state index in [0.717, 1.165) is 22.4 Å². The molecule has 3 aromatic rings. The third-order valence-corrected chi connectivity index (χ3v) is 5.54. The fourth-order valence-corrected chi connectivity index (χ4v) is 3.72. The fourth-order valence-electron chi connectivity index (χ4n) is 3.72. The maximum absolute atomic E-state index is 13.0. The van der Waals surface area contributed by atoms with Crippen LogP contribution < -0.4 is 15.8 Å². The molecule has 1 atom stereocenters. The maximum atomic E-state index is 13.0. The summed E-state index contributed by atoms with van der Waals surface area (Å²) >= 11 is 0. The van der Waals surface area contributed by atoms with Crippen molar-refractivity contribution >= 4 is 17.5 Å². The quantitative estimate of drug-likeness (QED) is 0.678. The van der Waals surface area contributed by atoms with Crippen molar-refractivity contribution in [2.24, 2.45) is 0 Å². The number of aromatic nitrogens is 2. The van der Waals surface area contributed by atoms with Crippen LogP contribution in [0.5, 0.6) is 0 Å². The molecular weight excluding hydrogens is 383 g/mol. The van der Waals surface area contributed by atoms with Gasteiger partial charge in [-0.3, -0.25) is 14.6 Å². The highest BCUT2D eigenvalue weighted by molar-refractivity contribution is 5.97. The summed E-state index contributed by atoms with van der Waals surface area (Å²) in [5, 5.41) is 3.07. The minimum atomic E-state index is -0.299. The number of rotatable bonds is 5. The number of benzene rings is 2. The predicted octanol–water partition coefficient (Wildman–Crippen LogP) is 3.66. The predicted molar refractivity (Wildman–Crippen MR) is 114 cm³/mol. The van der Waals surface area contributed by atoms with E-state index in [1.165, 1.54) is 18.2 Å². The van der Waals surface area contributed by atoms with E-state index in [2.05, 4.69) is 15.3 Å². The van der Waals surface area contributed by atoms with Gasteiger partial charge in [-0.05, 0) is 48.7 Å². The number of aromatic amines is 1. The molecule has 1 aliphatic heterocycles. The molecule has 1 aliphatic rings. The highest BCUT2D eigenvalue weighted by atomic mass is 19.1. The van der Waals surface area contributed by atoms with Crippen LogP contribution in [0.3, 0.4) is 0 Å². The average Bonchev–Trinajstić information content (AvgIpc) is 3.11. The van der Waals surface area contributed by atoms with E-state index in [0.29, 0.717) is 31.2 Å². The Labute approximate surface area is 173 Å². The summed E-state index contributed by atoms with van der Waals surface area (Å²) in [5.74, 6) is -0.103. The minimum Gasteiger partial charge on any atom is -0.352 e. The minimum absolute atomic E-state index is 0.0246. The summed E-state index contributed by atoms with van der Waals surface area (Å²) in [6.07, 6.45) is 0.307. The molecule has 1 saturated heterocycles. The average molecular weight is 406 g/mol. The van der Waals surface area contributed by atoms with Crippen molar-refractivity contribution in [2.45, 2.75) is 32.7 Å². The van der Waals surface area contributed by atoms with Crippen molar-refractivity contribution < 1.29 is 9.18 Å². The van der Waals surface area contributed by atoms with Crippen LogP contribution >= 0.6 is 0 Å². The van der Waals surface area contributed by atoms with Crippen LogP contribution in [0.25, 0.3) is 0 Å². The van der Waals surface area contributed by atoms with Crippen LogP contribution in [-0.4, -0.2) is 22.4 Å². The molecule has 2 N–H and O–H groups in total. The molecular formula is C23H23FN4O2. The van der Waals surface area contributed by atoms with Crippen molar-refractivity contribution in [2.75, 3.05) is 16.8 Å². The lowest BCUT2D eigenvalue weighted by Crippen LogP contribution is -2.25. The van der Waals surface area contributed by atoms with E-state index in [4.69, 9.17) is 0 Å². The SMILES string of the molecule is Cc1cccc(N2C[C@@H](c3cc(=O)[nH]c(NCc4ccc(F)cc4)n3)CC2=O)c1C. The first-order valence-corrected chi connectivity index (χ1v) is 9.87. The monoisotopic (exact) mass is 406 g/mol. The van der Waals surface area contributed by atoms with Crippen LogP contribution in [0.1, 0.15) is 34.7 Å². The van der Waals surface area contributed by atoms with Crippen molar-refractivity contribution in [1.82, 2.24) is 9.97 Å². The molecule has 0 spiro atoms. The Morgan fingerprint density at radius 2 is 1.93 bits per heavy atom. The van der Waals surface area contributed by atoms with E-state index in [1.807, 2.05) is 32.0 Å². The number of nitrogens with zero attached hydrogens (tertiary/aromatic N) is 2. The molecule has 1 aromatic heterocycles. The second-order valence-electron chi connectivity index (χ2n) is 7.62. The zero-order valence-electron chi connectivity index (χ0n) is 16.9. The van der Waals surface area contributed by atoms with E-state index < -0.39 is 0 Å². The Bertz CT molecular complexity index is 1140. The van der Waals surface area contributed by atoms with E-state index in [-0.39, 0.29) is 23.2 Å². The van der Waals surface area contributed by atoms with Gasteiger partial charge in [0.05, 0.1) is 5.69 Å². The van der Waals surface area contributed by atoms with Gasteiger partial charge in [0.25, 0.3) is 5.56 Å². The topological polar surface area (TPSA) is 78.1 Å². The molecule has 0 aliphatic carbocycles. The first kappa shape index (κ1) is 19.8. The van der Waals surface area contributed by atoms with Crippen LogP contribution in [-0.2, 0) is 11.3 Å². The van der Waals surface area contributed by atoms with Gasteiger partial charge >= 0.3 is 0 Å². The molecule has 0 bridgehead atoms. The highest BCUT2D eigenvalue weighted by Crippen LogP contribution is 2.33. The van der Waals surface area contributed by atoms with Gasteiger partial charge in [0.15, 0.2) is 0 Å². The summed E-state index contributed by atoms with van der Waals surface area (Å²) in [5.41, 5.74) is 4.28. The summed E-state index contributed by atoms with van der Waals surface area (Å²) in [4.78, 5) is 33.9. The lowest BCUT2D eigenvalue weighted by atomic mass is 10.0. The molecule has 0 unspecified atom stereocenters. The molecule has 30 heavy (non-hydrogen) atoms. The summed E-state index contributed by atoms with van der Waals surface area (Å²) < 4.78 is 13.0. The summed E-state index contributed by atoms with van der Waals surface area (Å²) in [6, 6.07) is 13.5. The number of anilines is 2. The number of aryl methyl sites for hydroxylation is 1. The first-order valence-electron chi connectivity index (χ1n) is 9.87. The fraction of sp³-hybridized carbons (Fsp3) is 0.261. The van der Waals surface area contributed by atoms with Gasteiger partial charge in [-0.15, -0.1) is 0 Å². The number of nitrogens with one attached hydrogen (secondary N) is 2. The van der Waals surface area contributed by atoms with Crippen molar-refractivity contribution in [3.05, 3.63) is 87.1 Å². The van der Waals surface area contributed by atoms with Gasteiger partial charge in [-0.2, -0.15) is 0 Å². The van der Waals surface area contributed by atoms with Crippen molar-refractivity contribution in [3.63, 3.8) is 0 Å². The molecule has 2 heterocycles. The van der Waals surface area contributed by atoms with Gasteiger partial charge in [-0.1, -0.05) is 24.3 Å². The van der Waals surface area contributed by atoms with Crippen LogP contribution in [0.4, 0.5) is 16.0 Å². The second-order valence-corrected chi connectivity index (χ2v) is 7.62. The van der Waals surface area contributed by atoms with Gasteiger partial charge in [0.1, 0.15) is 5.82 Å².